The van der Waals surface area contributed by atoms with Crippen molar-refractivity contribution in [2.75, 3.05) is 19.6 Å². The molecule has 0 radical (unpaired) electrons. The van der Waals surface area contributed by atoms with Crippen LogP contribution in [0.1, 0.15) is 41.7 Å². The number of hydrogen-bond acceptors (Lipinski definition) is 3. The van der Waals surface area contributed by atoms with Gasteiger partial charge in [-0.1, -0.05) is 55.5 Å². The van der Waals surface area contributed by atoms with Gasteiger partial charge in [-0.2, -0.15) is 0 Å². The van der Waals surface area contributed by atoms with Crippen molar-refractivity contribution in [2.24, 2.45) is 17.6 Å². The molecule has 1 aliphatic heterocycles. The fourth-order valence-electron chi connectivity index (χ4n) is 3.77. The van der Waals surface area contributed by atoms with Crippen LogP contribution in [0.3, 0.4) is 0 Å². The zero-order valence-electron chi connectivity index (χ0n) is 16.4. The lowest BCUT2D eigenvalue weighted by molar-refractivity contribution is -0.137. The van der Waals surface area contributed by atoms with Crippen molar-refractivity contribution in [3.05, 3.63) is 71.8 Å². The Morgan fingerprint density at radius 3 is 2.43 bits per heavy atom. The smallest absolute Gasteiger partial charge is 0.251 e. The molecule has 3 atom stereocenters. The van der Waals surface area contributed by atoms with Gasteiger partial charge in [-0.05, 0) is 36.5 Å². The highest BCUT2D eigenvalue weighted by Crippen LogP contribution is 2.24. The summed E-state index contributed by atoms with van der Waals surface area (Å²) in [6, 6.07) is 18.7. The van der Waals surface area contributed by atoms with Crippen molar-refractivity contribution in [2.45, 2.75) is 25.8 Å². The van der Waals surface area contributed by atoms with E-state index < -0.39 is 0 Å². The van der Waals surface area contributed by atoms with Crippen LogP contribution in [0.5, 0.6) is 0 Å². The molecule has 0 aliphatic carbocycles. The largest absolute Gasteiger partial charge is 0.352 e. The number of piperidine rings is 1. The Hall–Kier alpha value is -2.66. The summed E-state index contributed by atoms with van der Waals surface area (Å²) in [4.78, 5) is 27.1. The van der Waals surface area contributed by atoms with Gasteiger partial charge in [0.25, 0.3) is 5.91 Å². The third kappa shape index (κ3) is 4.98. The zero-order valence-corrected chi connectivity index (χ0v) is 16.4. The number of likely N-dealkylation sites (tertiary alicyclic amines) is 1. The topological polar surface area (TPSA) is 75.4 Å². The summed E-state index contributed by atoms with van der Waals surface area (Å²) in [5, 5.41) is 3.00. The average molecular weight is 380 g/mol. The molecule has 1 heterocycles. The van der Waals surface area contributed by atoms with Gasteiger partial charge in [-0.25, -0.2) is 0 Å². The quantitative estimate of drug-likeness (QED) is 0.810. The summed E-state index contributed by atoms with van der Waals surface area (Å²) in [5.74, 6) is 0.0181. The van der Waals surface area contributed by atoms with Gasteiger partial charge in [0.15, 0.2) is 0 Å². The second-order valence-electron chi connectivity index (χ2n) is 7.59. The lowest BCUT2D eigenvalue weighted by Gasteiger charge is -2.35. The van der Waals surface area contributed by atoms with E-state index in [0.29, 0.717) is 18.7 Å². The summed E-state index contributed by atoms with van der Waals surface area (Å²) in [6.45, 7) is 3.91. The van der Waals surface area contributed by atoms with Crippen molar-refractivity contribution in [3.8, 4) is 0 Å². The van der Waals surface area contributed by atoms with Crippen LogP contribution in [0.4, 0.5) is 0 Å². The summed E-state index contributed by atoms with van der Waals surface area (Å²) >= 11 is 0. The molecule has 2 aromatic carbocycles. The van der Waals surface area contributed by atoms with Crippen LogP contribution in [0.25, 0.3) is 0 Å². The van der Waals surface area contributed by atoms with E-state index in [1.807, 2.05) is 60.4 Å². The van der Waals surface area contributed by atoms with Gasteiger partial charge >= 0.3 is 0 Å². The Balaban J connectivity index is 1.53. The Bertz CT molecular complexity index is 779. The SMILES string of the molecule is CC(C(=O)N1CCCC(CNC(=O)c2ccccc2)C1)C(N)c1ccccc1. The van der Waals surface area contributed by atoms with Gasteiger partial charge in [-0.3, -0.25) is 9.59 Å². The number of hydrogen-bond donors (Lipinski definition) is 2. The van der Waals surface area contributed by atoms with Gasteiger partial charge < -0.3 is 16.0 Å². The van der Waals surface area contributed by atoms with E-state index in [-0.39, 0.29) is 29.7 Å². The molecule has 2 aromatic rings. The maximum atomic E-state index is 13.0. The molecular formula is C23H29N3O2. The molecule has 28 heavy (non-hydrogen) atoms. The molecule has 1 fully saturated rings. The molecule has 0 saturated carbocycles. The van der Waals surface area contributed by atoms with E-state index in [9.17, 15) is 9.59 Å². The first-order chi connectivity index (χ1) is 13.6. The van der Waals surface area contributed by atoms with Gasteiger partial charge in [-0.15, -0.1) is 0 Å². The zero-order chi connectivity index (χ0) is 19.9. The molecule has 5 nitrogen and oxygen atoms in total. The number of nitrogens with zero attached hydrogens (tertiary/aromatic N) is 1. The van der Waals surface area contributed by atoms with Crippen LogP contribution < -0.4 is 11.1 Å². The summed E-state index contributed by atoms with van der Waals surface area (Å²) in [7, 11) is 0. The molecule has 3 N–H and O–H groups in total. The number of carbonyl (C=O) groups is 2. The maximum Gasteiger partial charge on any atom is 0.251 e. The average Bonchev–Trinajstić information content (AvgIpc) is 2.77. The third-order valence-electron chi connectivity index (χ3n) is 5.53. The second-order valence-corrected chi connectivity index (χ2v) is 7.59. The Morgan fingerprint density at radius 2 is 1.75 bits per heavy atom. The third-order valence-corrected chi connectivity index (χ3v) is 5.53. The Morgan fingerprint density at radius 1 is 1.11 bits per heavy atom. The molecule has 3 rings (SSSR count). The molecule has 5 heteroatoms. The number of nitrogens with two attached hydrogens (primary N) is 1. The van der Waals surface area contributed by atoms with E-state index in [2.05, 4.69) is 5.32 Å². The number of rotatable bonds is 6. The van der Waals surface area contributed by atoms with Crippen LogP contribution in [0, 0.1) is 11.8 Å². The summed E-state index contributed by atoms with van der Waals surface area (Å²) < 4.78 is 0. The Kier molecular flexibility index (Phi) is 6.82. The number of nitrogens with one attached hydrogen (secondary N) is 1. The van der Waals surface area contributed by atoms with Crippen molar-refractivity contribution in [3.63, 3.8) is 0 Å². The van der Waals surface area contributed by atoms with E-state index in [1.165, 1.54) is 0 Å². The number of amides is 2. The molecule has 0 spiro atoms. The minimum atomic E-state index is -0.313. The van der Waals surface area contributed by atoms with Crippen molar-refractivity contribution in [1.29, 1.82) is 0 Å². The highest BCUT2D eigenvalue weighted by atomic mass is 16.2. The predicted octanol–water partition coefficient (Wildman–Crippen LogP) is 2.99. The van der Waals surface area contributed by atoms with E-state index >= 15 is 0 Å². The second kappa shape index (κ2) is 9.51. The number of benzene rings is 2. The molecular weight excluding hydrogens is 350 g/mol. The fraction of sp³-hybridized carbons (Fsp3) is 0.391. The molecule has 1 aliphatic rings. The van der Waals surface area contributed by atoms with Gasteiger partial charge in [0.1, 0.15) is 0 Å². The maximum absolute atomic E-state index is 13.0. The van der Waals surface area contributed by atoms with E-state index in [4.69, 9.17) is 5.73 Å². The van der Waals surface area contributed by atoms with Crippen LogP contribution in [0.15, 0.2) is 60.7 Å². The van der Waals surface area contributed by atoms with Gasteiger partial charge in [0.05, 0.1) is 5.92 Å². The first kappa shape index (κ1) is 20.1. The van der Waals surface area contributed by atoms with Crippen molar-refractivity contribution >= 4 is 11.8 Å². The molecule has 1 saturated heterocycles. The molecule has 148 valence electrons. The van der Waals surface area contributed by atoms with Crippen molar-refractivity contribution in [1.82, 2.24) is 10.2 Å². The lowest BCUT2D eigenvalue weighted by Crippen LogP contribution is -2.47. The van der Waals surface area contributed by atoms with Crippen LogP contribution in [-0.2, 0) is 4.79 Å². The molecule has 0 bridgehead atoms. The Labute approximate surface area is 166 Å². The van der Waals surface area contributed by atoms with Crippen molar-refractivity contribution < 1.29 is 9.59 Å². The highest BCUT2D eigenvalue weighted by molar-refractivity contribution is 5.94. The highest BCUT2D eigenvalue weighted by Gasteiger charge is 2.30. The normalized spacial score (nSPS) is 18.9. The van der Waals surface area contributed by atoms with Crippen LogP contribution in [-0.4, -0.2) is 36.3 Å². The first-order valence-electron chi connectivity index (χ1n) is 9.99. The van der Waals surface area contributed by atoms with Gasteiger partial charge in [0, 0.05) is 31.2 Å². The van der Waals surface area contributed by atoms with E-state index in [1.54, 1.807) is 12.1 Å². The molecule has 2 amide bonds. The first-order valence-corrected chi connectivity index (χ1v) is 9.99. The standard InChI is InChI=1S/C23H29N3O2/c1-17(21(24)19-10-4-2-5-11-19)23(28)26-14-8-9-18(16-26)15-25-22(27)20-12-6-3-7-13-20/h2-7,10-13,17-18,21H,8-9,14-16,24H2,1H3,(H,25,27). The summed E-state index contributed by atoms with van der Waals surface area (Å²) in [5.41, 5.74) is 7.98. The monoisotopic (exact) mass is 379 g/mol. The van der Waals surface area contributed by atoms with Crippen LogP contribution in [0.2, 0.25) is 0 Å². The minimum Gasteiger partial charge on any atom is -0.352 e. The fourth-order valence-corrected chi connectivity index (χ4v) is 3.77. The lowest BCUT2D eigenvalue weighted by atomic mass is 9.91. The predicted molar refractivity (Wildman–Crippen MR) is 111 cm³/mol. The number of carbonyl (C=O) groups excluding carboxylic acids is 2. The minimum absolute atomic E-state index is 0.0662. The molecule has 3 unspecified atom stereocenters. The summed E-state index contributed by atoms with van der Waals surface area (Å²) in [6.07, 6.45) is 1.96. The van der Waals surface area contributed by atoms with Gasteiger partial charge in [0.2, 0.25) is 5.91 Å². The van der Waals surface area contributed by atoms with Crippen LogP contribution >= 0.6 is 0 Å². The van der Waals surface area contributed by atoms with E-state index in [0.717, 1.165) is 24.9 Å². The molecule has 0 aromatic heterocycles.